The smallest absolute Gasteiger partial charge is 0.238 e. The predicted octanol–water partition coefficient (Wildman–Crippen LogP) is -1.55. The molecular formula is C28H36N6O7. The van der Waals surface area contributed by atoms with Crippen molar-refractivity contribution >= 4 is 29.0 Å². The summed E-state index contributed by atoms with van der Waals surface area (Å²) in [7, 11) is 2.74. The van der Waals surface area contributed by atoms with Crippen LogP contribution in [0.1, 0.15) is 55.6 Å². The maximum Gasteiger partial charge on any atom is 0.238 e. The Balaban J connectivity index is 2.01. The number of ketones is 4. The first-order valence-electron chi connectivity index (χ1n) is 13.3. The van der Waals surface area contributed by atoms with Gasteiger partial charge in [0.15, 0.2) is 34.5 Å². The number of aliphatic hydroxyl groups excluding tert-OH is 1. The highest BCUT2D eigenvalue weighted by Crippen LogP contribution is 2.58. The van der Waals surface area contributed by atoms with Gasteiger partial charge in [0.1, 0.15) is 11.7 Å². The van der Waals surface area contributed by atoms with Crippen molar-refractivity contribution in [1.82, 2.24) is 10.2 Å². The molecule has 13 heteroatoms. The zero-order valence-corrected chi connectivity index (χ0v) is 23.6. The van der Waals surface area contributed by atoms with E-state index in [1.807, 2.05) is 6.92 Å². The van der Waals surface area contributed by atoms with Crippen LogP contribution in [0.3, 0.4) is 0 Å². The number of Topliss-reactive ketones (excluding diaryl/α,β-unsaturated/α-hetero) is 4. The van der Waals surface area contributed by atoms with Gasteiger partial charge in [0.05, 0.1) is 40.9 Å². The van der Waals surface area contributed by atoms with Gasteiger partial charge in [0.25, 0.3) is 0 Å². The second-order valence-electron chi connectivity index (χ2n) is 12.3. The molecule has 0 aromatic heterocycles. The Labute approximate surface area is 237 Å². The van der Waals surface area contributed by atoms with Crippen molar-refractivity contribution in [2.45, 2.75) is 68.4 Å². The van der Waals surface area contributed by atoms with Crippen molar-refractivity contribution in [3.8, 4) is 11.8 Å². The molecule has 0 bridgehead atoms. The van der Waals surface area contributed by atoms with Crippen LogP contribution in [-0.4, -0.2) is 87.0 Å². The largest absolute Gasteiger partial charge is 0.507 e. The van der Waals surface area contributed by atoms with Crippen molar-refractivity contribution in [3.63, 3.8) is 0 Å². The molecule has 9 N–H and O–H groups in total. The van der Waals surface area contributed by atoms with Gasteiger partial charge < -0.3 is 32.7 Å². The van der Waals surface area contributed by atoms with Crippen LogP contribution in [0.2, 0.25) is 0 Å². The fourth-order valence-electron chi connectivity index (χ4n) is 7.29. The standard InChI is InChI=1S/C28H36N6O7/c1-6-10-25(2,3)33-23(40)15-18(37)20(34(4)5)28(32)24(41)27(31)16(22(39)26(28,11-29)21(15)38)17(36)14-12(19(27)30)8-7-9-13(14)35/h7-9,15-16,19-20,24,35,41H,6,10,30-32H2,1-5H3,(H,33,40)/t15?,16?,19-,20+,24-,26-,27+,28-/m0/s1. The number of carbonyl (C=O) groups is 5. The van der Waals surface area contributed by atoms with Gasteiger partial charge in [-0.25, -0.2) is 0 Å². The number of nitrogens with one attached hydrogen (secondary N) is 1. The molecule has 0 aliphatic heterocycles. The molecule has 2 saturated carbocycles. The van der Waals surface area contributed by atoms with Gasteiger partial charge in [0.2, 0.25) is 5.91 Å². The average molecular weight is 569 g/mol. The number of nitrogens with two attached hydrogens (primary N) is 3. The molecule has 3 aliphatic rings. The van der Waals surface area contributed by atoms with Crippen molar-refractivity contribution in [1.29, 1.82) is 5.26 Å². The number of nitriles is 1. The third-order valence-electron chi connectivity index (χ3n) is 9.09. The molecule has 220 valence electrons. The SMILES string of the molecule is CCCC(C)(C)NC(=O)C1C(=O)[C@@H](N(C)C)[C@]2(N)[C@@H](O)[C@@]3(N)C(C(=O)c4c(O)cccc4[C@@H]3N)C(=O)[C@]2(C#N)C1=O. The van der Waals surface area contributed by atoms with Crippen LogP contribution in [0.5, 0.6) is 5.75 Å². The Bertz CT molecular complexity index is 1420. The predicted molar refractivity (Wildman–Crippen MR) is 144 cm³/mol. The summed E-state index contributed by atoms with van der Waals surface area (Å²) in [5.74, 6) is -10.8. The first-order chi connectivity index (χ1) is 18.9. The van der Waals surface area contributed by atoms with E-state index in [1.54, 1.807) is 19.9 Å². The van der Waals surface area contributed by atoms with Gasteiger partial charge in [-0.05, 0) is 46.0 Å². The van der Waals surface area contributed by atoms with E-state index in [0.717, 1.165) is 0 Å². The summed E-state index contributed by atoms with van der Waals surface area (Å²) in [5, 5.41) is 35.7. The van der Waals surface area contributed by atoms with E-state index >= 15 is 0 Å². The topological polar surface area (TPSA) is 243 Å². The molecule has 0 radical (unpaired) electrons. The van der Waals surface area contributed by atoms with E-state index in [-0.39, 0.29) is 11.1 Å². The molecule has 0 heterocycles. The number of benzene rings is 1. The fraction of sp³-hybridized carbons (Fsp3) is 0.571. The Morgan fingerprint density at radius 2 is 1.78 bits per heavy atom. The number of likely N-dealkylation sites (N-methyl/N-ethyl adjacent to an activating group) is 1. The minimum atomic E-state index is -3.06. The minimum absolute atomic E-state index is 0.0129. The molecule has 2 unspecified atom stereocenters. The van der Waals surface area contributed by atoms with E-state index in [2.05, 4.69) is 5.32 Å². The minimum Gasteiger partial charge on any atom is -0.507 e. The highest BCUT2D eigenvalue weighted by Gasteiger charge is 2.83. The number of rotatable bonds is 5. The van der Waals surface area contributed by atoms with Crippen LogP contribution in [0.15, 0.2) is 18.2 Å². The van der Waals surface area contributed by atoms with Crippen LogP contribution >= 0.6 is 0 Å². The summed E-state index contributed by atoms with van der Waals surface area (Å²) in [6.07, 6.45) is -1.11. The lowest BCUT2D eigenvalue weighted by atomic mass is 9.41. The summed E-state index contributed by atoms with van der Waals surface area (Å²) in [6.45, 7) is 5.25. The number of aromatic hydroxyl groups is 1. The molecule has 0 spiro atoms. The monoisotopic (exact) mass is 568 g/mol. The van der Waals surface area contributed by atoms with E-state index in [9.17, 15) is 39.4 Å². The first kappa shape index (κ1) is 30.4. The number of aliphatic hydroxyl groups is 1. The highest BCUT2D eigenvalue weighted by atomic mass is 16.3. The molecule has 2 fully saturated rings. The molecule has 13 nitrogen and oxygen atoms in total. The van der Waals surface area contributed by atoms with Crippen LogP contribution in [0.4, 0.5) is 0 Å². The zero-order chi connectivity index (χ0) is 31.0. The second kappa shape index (κ2) is 9.50. The van der Waals surface area contributed by atoms with E-state index in [0.29, 0.717) is 12.8 Å². The van der Waals surface area contributed by atoms with Crippen LogP contribution in [-0.2, 0) is 19.2 Å². The summed E-state index contributed by atoms with van der Waals surface area (Å²) < 4.78 is 0. The fourth-order valence-corrected chi connectivity index (χ4v) is 7.29. The van der Waals surface area contributed by atoms with Gasteiger partial charge in [-0.1, -0.05) is 25.5 Å². The Morgan fingerprint density at radius 3 is 2.32 bits per heavy atom. The van der Waals surface area contributed by atoms with E-state index in [4.69, 9.17) is 17.2 Å². The Morgan fingerprint density at radius 1 is 1.17 bits per heavy atom. The number of phenols is 1. The Kier molecular flexibility index (Phi) is 7.05. The number of phenolic OH excluding ortho intramolecular Hbond substituents is 1. The van der Waals surface area contributed by atoms with Gasteiger partial charge in [-0.2, -0.15) is 5.26 Å². The lowest BCUT2D eigenvalue weighted by molar-refractivity contribution is -0.182. The maximum absolute atomic E-state index is 14.5. The van der Waals surface area contributed by atoms with Gasteiger partial charge in [-0.15, -0.1) is 0 Å². The molecule has 1 aromatic rings. The molecule has 3 aliphatic carbocycles. The van der Waals surface area contributed by atoms with Crippen LogP contribution < -0.4 is 22.5 Å². The highest BCUT2D eigenvalue weighted by molar-refractivity contribution is 6.33. The van der Waals surface area contributed by atoms with Crippen LogP contribution in [0, 0.1) is 28.6 Å². The van der Waals surface area contributed by atoms with Gasteiger partial charge in [-0.3, -0.25) is 28.9 Å². The first-order valence-corrected chi connectivity index (χ1v) is 13.3. The van der Waals surface area contributed by atoms with E-state index < -0.39 is 86.8 Å². The molecule has 1 amide bonds. The quantitative estimate of drug-likeness (QED) is 0.221. The summed E-state index contributed by atoms with van der Waals surface area (Å²) in [5.41, 5.74) is 10.5. The zero-order valence-electron chi connectivity index (χ0n) is 23.6. The number of amides is 1. The molecule has 1 aromatic carbocycles. The summed E-state index contributed by atoms with van der Waals surface area (Å²) in [4.78, 5) is 71.3. The maximum atomic E-state index is 14.5. The third kappa shape index (κ3) is 3.61. The van der Waals surface area contributed by atoms with Gasteiger partial charge in [0, 0.05) is 5.54 Å². The van der Waals surface area contributed by atoms with E-state index in [1.165, 1.54) is 37.2 Å². The average Bonchev–Trinajstić information content (AvgIpc) is 2.85. The number of hydrogen-bond donors (Lipinski definition) is 6. The summed E-state index contributed by atoms with van der Waals surface area (Å²) in [6, 6.07) is 2.35. The normalized spacial score (nSPS) is 36.8. The van der Waals surface area contributed by atoms with Crippen molar-refractivity contribution in [3.05, 3.63) is 29.3 Å². The van der Waals surface area contributed by atoms with Crippen molar-refractivity contribution in [2.75, 3.05) is 14.1 Å². The number of fused-ring (bicyclic) bond motifs is 3. The molecule has 0 saturated heterocycles. The number of carbonyl (C=O) groups excluding carboxylic acids is 5. The molecule has 4 rings (SSSR count). The lowest BCUT2D eigenvalue weighted by Crippen LogP contribution is -2.92. The number of nitrogens with zero attached hydrogens (tertiary/aromatic N) is 2. The summed E-state index contributed by atoms with van der Waals surface area (Å²) >= 11 is 0. The Hall–Kier alpha value is -3.54. The molecule has 41 heavy (non-hydrogen) atoms. The lowest BCUT2D eigenvalue weighted by Gasteiger charge is -2.64. The van der Waals surface area contributed by atoms with Crippen molar-refractivity contribution < 1.29 is 34.2 Å². The number of hydrogen-bond acceptors (Lipinski definition) is 12. The molecular weight excluding hydrogens is 532 g/mol. The van der Waals surface area contributed by atoms with Crippen LogP contribution in [0.25, 0.3) is 0 Å². The van der Waals surface area contributed by atoms with Gasteiger partial charge >= 0.3 is 0 Å². The second-order valence-corrected chi connectivity index (χ2v) is 12.3. The van der Waals surface area contributed by atoms with Crippen molar-refractivity contribution in [2.24, 2.45) is 34.5 Å². The third-order valence-corrected chi connectivity index (χ3v) is 9.09. The molecule has 8 atom stereocenters.